The van der Waals surface area contributed by atoms with Crippen LogP contribution in [0.15, 0.2) is 24.8 Å². The van der Waals surface area contributed by atoms with Crippen LogP contribution in [0.25, 0.3) is 0 Å². The Morgan fingerprint density at radius 1 is 1.50 bits per heavy atom. The molecule has 0 atom stereocenters. The average molecular weight is 222 g/mol. The molecule has 0 fully saturated rings. The minimum absolute atomic E-state index is 1.19. The molecule has 0 bridgehead atoms. The third-order valence-electron chi connectivity index (χ3n) is 0.777. The summed E-state index contributed by atoms with van der Waals surface area (Å²) in [5.41, 5.74) is 0. The molecule has 0 rings (SSSR count). The molecule has 0 spiro atoms. The second-order valence-corrected chi connectivity index (χ2v) is 2.57. The average Bonchev–Trinajstić information content (AvgIpc) is 1.81. The van der Waals surface area contributed by atoms with Gasteiger partial charge in [0.2, 0.25) is 0 Å². The lowest BCUT2D eigenvalue weighted by molar-refractivity contribution is 0.986. The van der Waals surface area contributed by atoms with Crippen LogP contribution in [0.1, 0.15) is 12.8 Å². The number of alkyl halides is 1. The van der Waals surface area contributed by atoms with Crippen molar-refractivity contribution >= 4 is 22.6 Å². The summed E-state index contributed by atoms with van der Waals surface area (Å²) >= 11 is 2.38. The van der Waals surface area contributed by atoms with Gasteiger partial charge in [-0.2, -0.15) is 0 Å². The Morgan fingerprint density at radius 2 is 2.25 bits per heavy atom. The van der Waals surface area contributed by atoms with Crippen LogP contribution >= 0.6 is 22.6 Å². The van der Waals surface area contributed by atoms with Gasteiger partial charge in [-0.1, -0.05) is 47.4 Å². The molecule has 1 heteroatoms. The van der Waals surface area contributed by atoms with Gasteiger partial charge in [-0.25, -0.2) is 0 Å². The number of unbranched alkanes of at least 4 members (excludes halogenated alkanes) is 1. The van der Waals surface area contributed by atoms with Gasteiger partial charge in [-0.3, -0.25) is 0 Å². The van der Waals surface area contributed by atoms with Gasteiger partial charge in [-0.15, -0.1) is 0 Å². The summed E-state index contributed by atoms with van der Waals surface area (Å²) < 4.78 is 1.25. The third kappa shape index (κ3) is 6.21. The van der Waals surface area contributed by atoms with E-state index in [0.29, 0.717) is 0 Å². The number of hydrogen-bond acceptors (Lipinski definition) is 0. The zero-order valence-corrected chi connectivity index (χ0v) is 7.10. The Bertz CT molecular complexity index is 74.5. The fourth-order valence-corrected chi connectivity index (χ4v) is 0.828. The summed E-state index contributed by atoms with van der Waals surface area (Å²) in [6.45, 7) is 3.57. The fourth-order valence-electron chi connectivity index (χ4n) is 0.387. The van der Waals surface area contributed by atoms with E-state index in [4.69, 9.17) is 0 Å². The Hall–Kier alpha value is 0.210. The largest absolute Gasteiger partial charge is 0.0991 e. The molecule has 0 aliphatic heterocycles. The van der Waals surface area contributed by atoms with Crippen LogP contribution in [-0.4, -0.2) is 4.43 Å². The van der Waals surface area contributed by atoms with Crippen LogP contribution in [0.3, 0.4) is 0 Å². The van der Waals surface area contributed by atoms with E-state index in [9.17, 15) is 0 Å². The first-order valence-electron chi connectivity index (χ1n) is 2.75. The molecule has 0 amide bonds. The third-order valence-corrected chi connectivity index (χ3v) is 1.54. The smallest absolute Gasteiger partial charge is 0.000178 e. The van der Waals surface area contributed by atoms with E-state index in [1.165, 1.54) is 17.3 Å². The highest BCUT2D eigenvalue weighted by Crippen LogP contribution is 1.94. The first-order valence-corrected chi connectivity index (χ1v) is 4.28. The summed E-state index contributed by atoms with van der Waals surface area (Å²) in [5, 5.41) is 0. The second-order valence-electron chi connectivity index (χ2n) is 1.50. The molecule has 0 radical (unpaired) electrons. The van der Waals surface area contributed by atoms with E-state index in [-0.39, 0.29) is 0 Å². The summed E-state index contributed by atoms with van der Waals surface area (Å²) in [6, 6.07) is 0. The van der Waals surface area contributed by atoms with E-state index in [1.807, 2.05) is 12.2 Å². The Balaban J connectivity index is 2.91. The Kier molecular flexibility index (Phi) is 7.40. The Labute approximate surface area is 64.8 Å². The van der Waals surface area contributed by atoms with E-state index in [2.05, 4.69) is 35.2 Å². The molecule has 0 saturated heterocycles. The van der Waals surface area contributed by atoms with Crippen LogP contribution in [0.2, 0.25) is 0 Å². The fraction of sp³-hybridized carbons (Fsp3) is 0.429. The van der Waals surface area contributed by atoms with Crippen molar-refractivity contribution in [1.82, 2.24) is 0 Å². The standard InChI is InChI=1S/C7H11I/c1-2-3-4-5-6-7-8/h2-4H,1,5-7H2/b4-3+. The van der Waals surface area contributed by atoms with Gasteiger partial charge < -0.3 is 0 Å². The van der Waals surface area contributed by atoms with Gasteiger partial charge in [0.25, 0.3) is 0 Å². The minimum atomic E-state index is 1.19. The minimum Gasteiger partial charge on any atom is -0.0991 e. The number of halogens is 1. The Morgan fingerprint density at radius 3 is 2.75 bits per heavy atom. The summed E-state index contributed by atoms with van der Waals surface area (Å²) in [6.07, 6.45) is 8.42. The molecule has 0 unspecified atom stereocenters. The molecule has 0 aromatic heterocycles. The lowest BCUT2D eigenvalue weighted by Crippen LogP contribution is -1.68. The summed E-state index contributed by atoms with van der Waals surface area (Å²) in [4.78, 5) is 0. The van der Waals surface area contributed by atoms with Crippen LogP contribution in [0, 0.1) is 0 Å². The van der Waals surface area contributed by atoms with Crippen LogP contribution in [0.4, 0.5) is 0 Å². The van der Waals surface area contributed by atoms with Gasteiger partial charge in [0, 0.05) is 0 Å². The maximum atomic E-state index is 3.57. The van der Waals surface area contributed by atoms with Crippen molar-refractivity contribution in [2.75, 3.05) is 4.43 Å². The van der Waals surface area contributed by atoms with Crippen LogP contribution in [0.5, 0.6) is 0 Å². The highest BCUT2D eigenvalue weighted by Gasteiger charge is 1.74. The lowest BCUT2D eigenvalue weighted by atomic mass is 10.3. The molecule has 0 nitrogen and oxygen atoms in total. The van der Waals surface area contributed by atoms with Crippen molar-refractivity contribution < 1.29 is 0 Å². The van der Waals surface area contributed by atoms with Crippen LogP contribution in [-0.2, 0) is 0 Å². The topological polar surface area (TPSA) is 0 Å². The van der Waals surface area contributed by atoms with Gasteiger partial charge in [0.05, 0.1) is 0 Å². The number of allylic oxidation sites excluding steroid dienone is 3. The molecule has 0 aromatic rings. The summed E-state index contributed by atoms with van der Waals surface area (Å²) in [7, 11) is 0. The molecule has 0 aromatic carbocycles. The molecule has 0 aliphatic rings. The molecular formula is C7H11I. The monoisotopic (exact) mass is 222 g/mol. The predicted molar refractivity (Wildman–Crippen MR) is 47.5 cm³/mol. The highest BCUT2D eigenvalue weighted by molar-refractivity contribution is 14.1. The predicted octanol–water partition coefficient (Wildman–Crippen LogP) is 2.94. The molecular weight excluding hydrogens is 211 g/mol. The first-order chi connectivity index (χ1) is 3.91. The highest BCUT2D eigenvalue weighted by atomic mass is 127. The zero-order valence-electron chi connectivity index (χ0n) is 4.94. The first kappa shape index (κ1) is 8.21. The molecule has 0 heterocycles. The molecule has 8 heavy (non-hydrogen) atoms. The van der Waals surface area contributed by atoms with E-state index in [1.54, 1.807) is 0 Å². The number of hydrogen-bond donors (Lipinski definition) is 0. The van der Waals surface area contributed by atoms with Crippen LogP contribution < -0.4 is 0 Å². The normalized spacial score (nSPS) is 10.1. The van der Waals surface area contributed by atoms with E-state index < -0.39 is 0 Å². The molecule has 0 N–H and O–H groups in total. The maximum Gasteiger partial charge on any atom is -0.000178 e. The van der Waals surface area contributed by atoms with Crippen molar-refractivity contribution in [3.05, 3.63) is 24.8 Å². The second kappa shape index (κ2) is 7.21. The maximum absolute atomic E-state index is 3.57. The summed E-state index contributed by atoms with van der Waals surface area (Å²) in [5.74, 6) is 0. The van der Waals surface area contributed by atoms with Crippen molar-refractivity contribution in [2.45, 2.75) is 12.8 Å². The van der Waals surface area contributed by atoms with Gasteiger partial charge in [-0.05, 0) is 17.3 Å². The van der Waals surface area contributed by atoms with E-state index >= 15 is 0 Å². The lowest BCUT2D eigenvalue weighted by Gasteiger charge is -1.83. The quantitative estimate of drug-likeness (QED) is 0.297. The van der Waals surface area contributed by atoms with Crippen molar-refractivity contribution in [1.29, 1.82) is 0 Å². The zero-order chi connectivity index (χ0) is 6.24. The van der Waals surface area contributed by atoms with Crippen molar-refractivity contribution in [3.8, 4) is 0 Å². The molecule has 46 valence electrons. The van der Waals surface area contributed by atoms with Gasteiger partial charge in [0.15, 0.2) is 0 Å². The van der Waals surface area contributed by atoms with Crippen molar-refractivity contribution in [2.24, 2.45) is 0 Å². The SMILES string of the molecule is C=C/C=C/CCCI. The van der Waals surface area contributed by atoms with Crippen molar-refractivity contribution in [3.63, 3.8) is 0 Å². The van der Waals surface area contributed by atoms with Gasteiger partial charge >= 0.3 is 0 Å². The van der Waals surface area contributed by atoms with Gasteiger partial charge in [0.1, 0.15) is 0 Å². The molecule has 0 aliphatic carbocycles. The number of rotatable bonds is 4. The van der Waals surface area contributed by atoms with E-state index in [0.717, 1.165) is 0 Å². The molecule has 0 saturated carbocycles.